The van der Waals surface area contributed by atoms with Crippen LogP contribution < -0.4 is 4.74 Å². The third kappa shape index (κ3) is 2.62. The van der Waals surface area contributed by atoms with Crippen LogP contribution in [0, 0.1) is 5.82 Å². The Labute approximate surface area is 130 Å². The van der Waals surface area contributed by atoms with Crippen LogP contribution in [0.2, 0.25) is 0 Å². The standard InChI is InChI=1S/C17H11FN4O/c18-11-8-13-14(10-21-16(13)20-9-11)17-19-7-6-15(22-17)23-12-4-2-1-3-5-12/h1-10H,(H,20,21). The van der Waals surface area contributed by atoms with E-state index in [-0.39, 0.29) is 0 Å². The van der Waals surface area contributed by atoms with Gasteiger partial charge < -0.3 is 9.72 Å². The lowest BCUT2D eigenvalue weighted by molar-refractivity contribution is 0.462. The molecule has 0 radical (unpaired) electrons. The van der Waals surface area contributed by atoms with E-state index in [0.717, 1.165) is 0 Å². The first-order valence-electron chi connectivity index (χ1n) is 6.98. The Morgan fingerprint density at radius 1 is 1.04 bits per heavy atom. The van der Waals surface area contributed by atoms with Gasteiger partial charge in [0.05, 0.1) is 6.20 Å². The van der Waals surface area contributed by atoms with Gasteiger partial charge >= 0.3 is 0 Å². The molecule has 0 unspecified atom stereocenters. The Morgan fingerprint density at radius 3 is 2.78 bits per heavy atom. The number of nitrogens with zero attached hydrogens (tertiary/aromatic N) is 3. The summed E-state index contributed by atoms with van der Waals surface area (Å²) in [6, 6.07) is 12.4. The van der Waals surface area contributed by atoms with Crippen molar-refractivity contribution < 1.29 is 9.13 Å². The van der Waals surface area contributed by atoms with Gasteiger partial charge in [-0.15, -0.1) is 0 Å². The van der Waals surface area contributed by atoms with E-state index in [1.807, 2.05) is 30.3 Å². The van der Waals surface area contributed by atoms with Gasteiger partial charge in [0.15, 0.2) is 5.82 Å². The van der Waals surface area contributed by atoms with Crippen LogP contribution in [-0.4, -0.2) is 19.9 Å². The van der Waals surface area contributed by atoms with Crippen molar-refractivity contribution in [1.29, 1.82) is 0 Å². The average molecular weight is 306 g/mol. The number of halogens is 1. The molecule has 1 N–H and O–H groups in total. The molecule has 4 aromatic rings. The molecular formula is C17H11FN4O. The van der Waals surface area contributed by atoms with Crippen molar-refractivity contribution in [3.05, 3.63) is 66.9 Å². The molecule has 0 saturated heterocycles. The summed E-state index contributed by atoms with van der Waals surface area (Å²) in [5.41, 5.74) is 1.25. The normalized spacial score (nSPS) is 10.8. The van der Waals surface area contributed by atoms with Crippen LogP contribution in [0.4, 0.5) is 4.39 Å². The van der Waals surface area contributed by atoms with Crippen LogP contribution in [0.15, 0.2) is 61.1 Å². The molecule has 0 aliphatic heterocycles. The minimum atomic E-state index is -0.407. The van der Waals surface area contributed by atoms with Gasteiger partial charge in [-0.25, -0.2) is 14.4 Å². The highest BCUT2D eigenvalue weighted by molar-refractivity contribution is 5.91. The summed E-state index contributed by atoms with van der Waals surface area (Å²) in [4.78, 5) is 15.6. The molecule has 3 aromatic heterocycles. The summed E-state index contributed by atoms with van der Waals surface area (Å²) in [6.45, 7) is 0. The molecule has 0 bridgehead atoms. The first kappa shape index (κ1) is 13.4. The second kappa shape index (κ2) is 5.49. The molecule has 0 atom stereocenters. The van der Waals surface area contributed by atoms with Crippen molar-refractivity contribution in [2.24, 2.45) is 0 Å². The van der Waals surface area contributed by atoms with Crippen LogP contribution in [-0.2, 0) is 0 Å². The summed E-state index contributed by atoms with van der Waals surface area (Å²) < 4.78 is 19.1. The highest BCUT2D eigenvalue weighted by Crippen LogP contribution is 2.27. The number of aromatic amines is 1. The number of para-hydroxylation sites is 1. The summed E-state index contributed by atoms with van der Waals surface area (Å²) in [7, 11) is 0. The monoisotopic (exact) mass is 306 g/mol. The van der Waals surface area contributed by atoms with Gasteiger partial charge in [-0.05, 0) is 18.2 Å². The zero-order chi connectivity index (χ0) is 15.6. The molecule has 0 amide bonds. The highest BCUT2D eigenvalue weighted by atomic mass is 19.1. The van der Waals surface area contributed by atoms with Gasteiger partial charge in [0.1, 0.15) is 17.2 Å². The third-order valence-corrected chi connectivity index (χ3v) is 3.33. The summed E-state index contributed by atoms with van der Waals surface area (Å²) >= 11 is 0. The number of pyridine rings is 1. The van der Waals surface area contributed by atoms with E-state index >= 15 is 0 Å². The molecule has 0 aliphatic rings. The van der Waals surface area contributed by atoms with Gasteiger partial charge in [-0.1, -0.05) is 18.2 Å². The van der Waals surface area contributed by atoms with E-state index < -0.39 is 5.82 Å². The number of benzene rings is 1. The summed E-state index contributed by atoms with van der Waals surface area (Å²) in [5.74, 6) is 1.14. The van der Waals surface area contributed by atoms with Crippen LogP contribution in [0.1, 0.15) is 0 Å². The number of ether oxygens (including phenoxy) is 1. The number of fused-ring (bicyclic) bond motifs is 1. The zero-order valence-electron chi connectivity index (χ0n) is 11.9. The molecule has 0 spiro atoms. The number of hydrogen-bond acceptors (Lipinski definition) is 4. The number of hydrogen-bond donors (Lipinski definition) is 1. The van der Waals surface area contributed by atoms with E-state index in [0.29, 0.717) is 34.1 Å². The van der Waals surface area contributed by atoms with Gasteiger partial charge in [0.2, 0.25) is 5.88 Å². The molecule has 0 fully saturated rings. The largest absolute Gasteiger partial charge is 0.439 e. The SMILES string of the molecule is Fc1cnc2[nH]cc(-c3nccc(Oc4ccccc4)n3)c2c1. The van der Waals surface area contributed by atoms with Gasteiger partial charge in [-0.2, -0.15) is 4.98 Å². The predicted molar refractivity (Wildman–Crippen MR) is 83.6 cm³/mol. The maximum Gasteiger partial charge on any atom is 0.222 e. The molecule has 6 heteroatoms. The minimum Gasteiger partial charge on any atom is -0.439 e. The van der Waals surface area contributed by atoms with E-state index in [4.69, 9.17) is 4.74 Å². The van der Waals surface area contributed by atoms with Crippen molar-refractivity contribution in [2.45, 2.75) is 0 Å². The smallest absolute Gasteiger partial charge is 0.222 e. The van der Waals surface area contributed by atoms with Crippen molar-refractivity contribution in [2.75, 3.05) is 0 Å². The molecule has 0 aliphatic carbocycles. The first-order valence-corrected chi connectivity index (χ1v) is 6.98. The maximum absolute atomic E-state index is 13.4. The molecule has 112 valence electrons. The molecule has 0 saturated carbocycles. The predicted octanol–water partition coefficient (Wildman–Crippen LogP) is 3.95. The molecule has 23 heavy (non-hydrogen) atoms. The number of aromatic nitrogens is 4. The zero-order valence-corrected chi connectivity index (χ0v) is 11.9. The second-order valence-electron chi connectivity index (χ2n) is 4.89. The lowest BCUT2D eigenvalue weighted by Gasteiger charge is -2.05. The second-order valence-corrected chi connectivity index (χ2v) is 4.89. The Balaban J connectivity index is 1.74. The molecular weight excluding hydrogens is 295 g/mol. The van der Waals surface area contributed by atoms with E-state index in [2.05, 4.69) is 19.9 Å². The Morgan fingerprint density at radius 2 is 1.91 bits per heavy atom. The fourth-order valence-corrected chi connectivity index (χ4v) is 2.30. The van der Waals surface area contributed by atoms with Crippen LogP contribution in [0.3, 0.4) is 0 Å². The topological polar surface area (TPSA) is 63.7 Å². The average Bonchev–Trinajstić information content (AvgIpc) is 2.99. The van der Waals surface area contributed by atoms with Crippen LogP contribution >= 0.6 is 0 Å². The summed E-state index contributed by atoms with van der Waals surface area (Å²) in [5, 5.41) is 0.627. The van der Waals surface area contributed by atoms with Crippen molar-refractivity contribution in [3.63, 3.8) is 0 Å². The molecule has 3 heterocycles. The highest BCUT2D eigenvalue weighted by Gasteiger charge is 2.11. The number of H-pyrrole nitrogens is 1. The number of rotatable bonds is 3. The van der Waals surface area contributed by atoms with E-state index in [1.165, 1.54) is 12.3 Å². The van der Waals surface area contributed by atoms with Gasteiger partial charge in [-0.3, -0.25) is 0 Å². The van der Waals surface area contributed by atoms with Crippen molar-refractivity contribution in [1.82, 2.24) is 19.9 Å². The fraction of sp³-hybridized carbons (Fsp3) is 0. The Bertz CT molecular complexity index is 969. The van der Waals surface area contributed by atoms with Gasteiger partial charge in [0.25, 0.3) is 0 Å². The van der Waals surface area contributed by atoms with E-state index in [9.17, 15) is 4.39 Å². The lowest BCUT2D eigenvalue weighted by atomic mass is 10.2. The van der Waals surface area contributed by atoms with Crippen LogP contribution in [0.25, 0.3) is 22.4 Å². The molecule has 1 aromatic carbocycles. The van der Waals surface area contributed by atoms with E-state index in [1.54, 1.807) is 18.5 Å². The van der Waals surface area contributed by atoms with Crippen molar-refractivity contribution in [3.8, 4) is 23.0 Å². The lowest BCUT2D eigenvalue weighted by Crippen LogP contribution is -1.92. The Kier molecular flexibility index (Phi) is 3.20. The molecule has 5 nitrogen and oxygen atoms in total. The fourth-order valence-electron chi connectivity index (χ4n) is 2.30. The maximum atomic E-state index is 13.4. The van der Waals surface area contributed by atoms with Crippen molar-refractivity contribution >= 4 is 11.0 Å². The summed E-state index contributed by atoms with van der Waals surface area (Å²) in [6.07, 6.45) is 4.48. The third-order valence-electron chi connectivity index (χ3n) is 3.33. The first-order chi connectivity index (χ1) is 11.3. The van der Waals surface area contributed by atoms with Crippen LogP contribution in [0.5, 0.6) is 11.6 Å². The Hall–Kier alpha value is -3.28. The quantitative estimate of drug-likeness (QED) is 0.622. The minimum absolute atomic E-state index is 0.407. The van der Waals surface area contributed by atoms with Gasteiger partial charge in [0, 0.05) is 29.4 Å². The number of nitrogens with one attached hydrogen (secondary N) is 1. The molecule has 4 rings (SSSR count).